The molecule has 1 aromatic carbocycles. The molecule has 0 radical (unpaired) electrons. The highest BCUT2D eigenvalue weighted by Gasteiger charge is 2.03. The molecular formula is C19H32OS. The standard InChI is InChI=1S/C19H32OS/c1-4-5-6-7-8-9-12-21-13-10-11-18-14-16(2)19(20)17(3)15-18/h14-15,20H,4-13H2,1-3H3. The Bertz CT molecular complexity index is 378. The van der Waals surface area contributed by atoms with Gasteiger partial charge < -0.3 is 5.11 Å². The molecule has 1 N–H and O–H groups in total. The summed E-state index contributed by atoms with van der Waals surface area (Å²) < 4.78 is 0. The van der Waals surface area contributed by atoms with Gasteiger partial charge in [-0.25, -0.2) is 0 Å². The molecule has 0 aliphatic heterocycles. The lowest BCUT2D eigenvalue weighted by atomic mass is 10.0. The number of aryl methyl sites for hydroxylation is 3. The molecule has 21 heavy (non-hydrogen) atoms. The second-order valence-electron chi connectivity index (χ2n) is 6.06. The molecule has 0 fully saturated rings. The molecule has 1 rings (SSSR count). The Morgan fingerprint density at radius 2 is 1.43 bits per heavy atom. The lowest BCUT2D eigenvalue weighted by Gasteiger charge is -2.08. The van der Waals surface area contributed by atoms with Crippen LogP contribution in [0.2, 0.25) is 0 Å². The maximum Gasteiger partial charge on any atom is 0.121 e. The molecule has 0 amide bonds. The third-order valence-electron chi connectivity index (χ3n) is 3.95. The van der Waals surface area contributed by atoms with E-state index in [1.54, 1.807) is 0 Å². The molecular weight excluding hydrogens is 276 g/mol. The monoisotopic (exact) mass is 308 g/mol. The molecule has 0 atom stereocenters. The maximum atomic E-state index is 9.77. The molecule has 1 nitrogen and oxygen atoms in total. The van der Waals surface area contributed by atoms with Gasteiger partial charge in [0.15, 0.2) is 0 Å². The van der Waals surface area contributed by atoms with Crippen molar-refractivity contribution in [2.24, 2.45) is 0 Å². The summed E-state index contributed by atoms with van der Waals surface area (Å²) in [7, 11) is 0. The number of benzene rings is 1. The number of phenols is 1. The van der Waals surface area contributed by atoms with Gasteiger partial charge in [0.2, 0.25) is 0 Å². The van der Waals surface area contributed by atoms with E-state index < -0.39 is 0 Å². The van der Waals surface area contributed by atoms with Gasteiger partial charge in [0.1, 0.15) is 5.75 Å². The predicted octanol–water partition coefficient (Wildman–Crippen LogP) is 6.04. The van der Waals surface area contributed by atoms with Crippen LogP contribution in [0.25, 0.3) is 0 Å². The quantitative estimate of drug-likeness (QED) is 0.503. The Kier molecular flexibility index (Phi) is 9.65. The van der Waals surface area contributed by atoms with Gasteiger partial charge in [0.05, 0.1) is 0 Å². The van der Waals surface area contributed by atoms with Crippen LogP contribution in [0.5, 0.6) is 5.75 Å². The third kappa shape index (κ3) is 7.80. The van der Waals surface area contributed by atoms with E-state index in [1.165, 1.54) is 62.0 Å². The van der Waals surface area contributed by atoms with E-state index in [2.05, 4.69) is 30.8 Å². The van der Waals surface area contributed by atoms with Crippen LogP contribution >= 0.6 is 11.8 Å². The van der Waals surface area contributed by atoms with Crippen molar-refractivity contribution in [3.05, 3.63) is 28.8 Å². The number of unbranched alkanes of at least 4 members (excludes halogenated alkanes) is 5. The fourth-order valence-corrected chi connectivity index (χ4v) is 3.62. The molecule has 2 heteroatoms. The molecule has 0 saturated carbocycles. The first-order chi connectivity index (χ1) is 10.1. The second-order valence-corrected chi connectivity index (χ2v) is 7.29. The van der Waals surface area contributed by atoms with Gasteiger partial charge in [-0.15, -0.1) is 0 Å². The van der Waals surface area contributed by atoms with E-state index in [9.17, 15) is 5.11 Å². The van der Waals surface area contributed by atoms with Crippen molar-refractivity contribution in [3.8, 4) is 5.75 Å². The van der Waals surface area contributed by atoms with Crippen LogP contribution in [-0.4, -0.2) is 16.6 Å². The Labute approximate surface area is 135 Å². The van der Waals surface area contributed by atoms with E-state index in [4.69, 9.17) is 0 Å². The highest BCUT2D eigenvalue weighted by Crippen LogP contribution is 2.23. The van der Waals surface area contributed by atoms with Gasteiger partial charge in [0, 0.05) is 0 Å². The average Bonchev–Trinajstić information content (AvgIpc) is 2.46. The van der Waals surface area contributed by atoms with Crippen molar-refractivity contribution >= 4 is 11.8 Å². The summed E-state index contributed by atoms with van der Waals surface area (Å²) in [4.78, 5) is 0. The van der Waals surface area contributed by atoms with E-state index in [1.807, 2.05) is 13.8 Å². The number of phenolic OH excluding ortho intramolecular Hbond substituents is 1. The summed E-state index contributed by atoms with van der Waals surface area (Å²) in [6, 6.07) is 4.25. The van der Waals surface area contributed by atoms with Crippen molar-refractivity contribution < 1.29 is 5.11 Å². The molecule has 0 bridgehead atoms. The number of thioether (sulfide) groups is 1. The van der Waals surface area contributed by atoms with Gasteiger partial charge in [0.25, 0.3) is 0 Å². The van der Waals surface area contributed by atoms with Crippen molar-refractivity contribution in [3.63, 3.8) is 0 Å². The Morgan fingerprint density at radius 3 is 2.10 bits per heavy atom. The van der Waals surface area contributed by atoms with Crippen LogP contribution in [0, 0.1) is 13.8 Å². The zero-order valence-corrected chi connectivity index (χ0v) is 14.9. The normalized spacial score (nSPS) is 11.0. The number of hydrogen-bond donors (Lipinski definition) is 1. The van der Waals surface area contributed by atoms with Crippen LogP contribution in [0.4, 0.5) is 0 Å². The smallest absolute Gasteiger partial charge is 0.121 e. The molecule has 0 aliphatic rings. The topological polar surface area (TPSA) is 20.2 Å². The fourth-order valence-electron chi connectivity index (χ4n) is 2.65. The zero-order chi connectivity index (χ0) is 15.5. The largest absolute Gasteiger partial charge is 0.507 e. The summed E-state index contributed by atoms with van der Waals surface area (Å²) >= 11 is 2.10. The average molecular weight is 309 g/mol. The van der Waals surface area contributed by atoms with Crippen LogP contribution in [0.1, 0.15) is 68.6 Å². The Morgan fingerprint density at radius 1 is 0.857 bits per heavy atom. The van der Waals surface area contributed by atoms with E-state index in [-0.39, 0.29) is 0 Å². The number of hydrogen-bond acceptors (Lipinski definition) is 2. The Hall–Kier alpha value is -0.630. The van der Waals surface area contributed by atoms with Crippen LogP contribution in [0.15, 0.2) is 12.1 Å². The number of rotatable bonds is 11. The van der Waals surface area contributed by atoms with Crippen LogP contribution < -0.4 is 0 Å². The number of aromatic hydroxyl groups is 1. The molecule has 0 saturated heterocycles. The van der Waals surface area contributed by atoms with E-state index in [0.717, 1.165) is 17.5 Å². The minimum absolute atomic E-state index is 0.455. The fraction of sp³-hybridized carbons (Fsp3) is 0.684. The summed E-state index contributed by atoms with van der Waals surface area (Å²) in [5.74, 6) is 3.03. The molecule has 1 aromatic rings. The SMILES string of the molecule is CCCCCCCCSCCCc1cc(C)c(O)c(C)c1. The van der Waals surface area contributed by atoms with E-state index >= 15 is 0 Å². The molecule has 0 aromatic heterocycles. The van der Waals surface area contributed by atoms with Gasteiger partial charge >= 0.3 is 0 Å². The molecule has 0 heterocycles. The third-order valence-corrected chi connectivity index (χ3v) is 5.10. The highest BCUT2D eigenvalue weighted by atomic mass is 32.2. The van der Waals surface area contributed by atoms with Crippen LogP contribution in [-0.2, 0) is 6.42 Å². The van der Waals surface area contributed by atoms with Gasteiger partial charge in [-0.05, 0) is 61.3 Å². The minimum atomic E-state index is 0.455. The first-order valence-electron chi connectivity index (χ1n) is 8.52. The molecule has 120 valence electrons. The highest BCUT2D eigenvalue weighted by molar-refractivity contribution is 7.99. The van der Waals surface area contributed by atoms with Gasteiger partial charge in [-0.2, -0.15) is 11.8 Å². The van der Waals surface area contributed by atoms with Crippen molar-refractivity contribution in [1.29, 1.82) is 0 Å². The summed E-state index contributed by atoms with van der Waals surface area (Å²) in [6.07, 6.45) is 10.7. The van der Waals surface area contributed by atoms with Crippen molar-refractivity contribution in [2.45, 2.75) is 72.1 Å². The van der Waals surface area contributed by atoms with Crippen LogP contribution in [0.3, 0.4) is 0 Å². The Balaban J connectivity index is 2.04. The minimum Gasteiger partial charge on any atom is -0.507 e. The van der Waals surface area contributed by atoms with Crippen molar-refractivity contribution in [2.75, 3.05) is 11.5 Å². The predicted molar refractivity (Wildman–Crippen MR) is 96.6 cm³/mol. The maximum absolute atomic E-state index is 9.77. The van der Waals surface area contributed by atoms with Gasteiger partial charge in [-0.3, -0.25) is 0 Å². The lowest BCUT2D eigenvalue weighted by Crippen LogP contribution is -1.92. The summed E-state index contributed by atoms with van der Waals surface area (Å²) in [6.45, 7) is 6.24. The van der Waals surface area contributed by atoms with Crippen molar-refractivity contribution in [1.82, 2.24) is 0 Å². The lowest BCUT2D eigenvalue weighted by molar-refractivity contribution is 0.466. The van der Waals surface area contributed by atoms with E-state index in [0.29, 0.717) is 5.75 Å². The molecule has 0 spiro atoms. The summed E-state index contributed by atoms with van der Waals surface area (Å²) in [5.41, 5.74) is 3.37. The molecule has 0 aliphatic carbocycles. The van der Waals surface area contributed by atoms with Gasteiger partial charge in [-0.1, -0.05) is 51.2 Å². The first-order valence-corrected chi connectivity index (χ1v) is 9.67. The second kappa shape index (κ2) is 11.0. The first kappa shape index (κ1) is 18.4. The molecule has 0 unspecified atom stereocenters. The zero-order valence-electron chi connectivity index (χ0n) is 14.1. The summed E-state index contributed by atoms with van der Waals surface area (Å²) in [5, 5.41) is 9.77.